The van der Waals surface area contributed by atoms with E-state index >= 15 is 0 Å². The van der Waals surface area contributed by atoms with Crippen LogP contribution >= 0.6 is 15.9 Å². The Morgan fingerprint density at radius 1 is 1.25 bits per heavy atom. The highest BCUT2D eigenvalue weighted by molar-refractivity contribution is 9.10. The van der Waals surface area contributed by atoms with Crippen LogP contribution in [0.1, 0.15) is 16.1 Å². The molecule has 1 aromatic carbocycles. The second-order valence-corrected chi connectivity index (χ2v) is 4.89. The number of aryl methyl sites for hydroxylation is 1. The van der Waals surface area contributed by atoms with Crippen molar-refractivity contribution in [3.8, 4) is 11.5 Å². The van der Waals surface area contributed by atoms with Gasteiger partial charge in [-0.3, -0.25) is 4.79 Å². The van der Waals surface area contributed by atoms with Crippen LogP contribution in [0.4, 0.5) is 5.69 Å². The van der Waals surface area contributed by atoms with E-state index in [4.69, 9.17) is 13.9 Å². The molecule has 0 aliphatic carbocycles. The van der Waals surface area contributed by atoms with Crippen molar-refractivity contribution in [1.82, 2.24) is 0 Å². The van der Waals surface area contributed by atoms with Gasteiger partial charge < -0.3 is 19.2 Å². The van der Waals surface area contributed by atoms with Gasteiger partial charge in [0.15, 0.2) is 0 Å². The Balaban J connectivity index is 2.31. The van der Waals surface area contributed by atoms with Crippen LogP contribution in [0.3, 0.4) is 0 Å². The first kappa shape index (κ1) is 14.5. The second kappa shape index (κ2) is 6.00. The minimum absolute atomic E-state index is 0.258. The summed E-state index contributed by atoms with van der Waals surface area (Å²) in [6.45, 7) is 1.73. The smallest absolute Gasteiger partial charge is 0.259 e. The number of hydrogen-bond acceptors (Lipinski definition) is 4. The van der Waals surface area contributed by atoms with Gasteiger partial charge in [-0.1, -0.05) is 0 Å². The van der Waals surface area contributed by atoms with Crippen molar-refractivity contribution in [3.63, 3.8) is 0 Å². The largest absolute Gasteiger partial charge is 0.495 e. The number of carbonyl (C=O) groups excluding carboxylic acids is 1. The Kier molecular flexibility index (Phi) is 4.34. The molecule has 106 valence electrons. The summed E-state index contributed by atoms with van der Waals surface area (Å²) in [4.78, 5) is 12.2. The molecule has 0 fully saturated rings. The molecule has 2 rings (SSSR count). The van der Waals surface area contributed by atoms with Gasteiger partial charge in [-0.05, 0) is 35.0 Å². The maximum atomic E-state index is 12.2. The molecule has 1 heterocycles. The number of hydrogen-bond donors (Lipinski definition) is 1. The number of nitrogens with one attached hydrogen (secondary N) is 1. The predicted molar refractivity (Wildman–Crippen MR) is 78.6 cm³/mol. The number of benzene rings is 1. The first-order chi connectivity index (χ1) is 9.56. The zero-order valence-corrected chi connectivity index (χ0v) is 12.9. The van der Waals surface area contributed by atoms with Gasteiger partial charge in [-0.2, -0.15) is 0 Å². The van der Waals surface area contributed by atoms with Crippen LogP contribution < -0.4 is 14.8 Å². The fourth-order valence-electron chi connectivity index (χ4n) is 1.77. The monoisotopic (exact) mass is 339 g/mol. The molecule has 5 nitrogen and oxygen atoms in total. The number of furan rings is 1. The van der Waals surface area contributed by atoms with Crippen LogP contribution in [0.15, 0.2) is 33.4 Å². The van der Waals surface area contributed by atoms with Crippen LogP contribution in [0.25, 0.3) is 0 Å². The number of halogens is 1. The number of ether oxygens (including phenoxy) is 2. The summed E-state index contributed by atoms with van der Waals surface area (Å²) in [5, 5.41) is 2.79. The van der Waals surface area contributed by atoms with E-state index in [1.54, 1.807) is 32.2 Å². The predicted octanol–water partition coefficient (Wildman–Crippen LogP) is 3.62. The summed E-state index contributed by atoms with van der Waals surface area (Å²) in [5.41, 5.74) is 1.03. The molecule has 0 atom stereocenters. The van der Waals surface area contributed by atoms with Crippen molar-refractivity contribution in [1.29, 1.82) is 0 Å². The average Bonchev–Trinajstić information content (AvgIpc) is 2.85. The molecule has 20 heavy (non-hydrogen) atoms. The lowest BCUT2D eigenvalue weighted by Gasteiger charge is -2.13. The Bertz CT molecular complexity index is 636. The highest BCUT2D eigenvalue weighted by Crippen LogP contribution is 2.36. The quantitative estimate of drug-likeness (QED) is 0.924. The Hall–Kier alpha value is -1.95. The fourth-order valence-corrected chi connectivity index (χ4v) is 2.27. The Labute approximate surface area is 125 Å². The SMILES string of the molecule is COc1cc(OC)c(NC(=O)c2ccoc2C)cc1Br. The van der Waals surface area contributed by atoms with Crippen molar-refractivity contribution in [2.75, 3.05) is 19.5 Å². The average molecular weight is 340 g/mol. The first-order valence-corrected chi connectivity index (χ1v) is 6.63. The summed E-state index contributed by atoms with van der Waals surface area (Å²) >= 11 is 3.37. The molecule has 0 unspecified atom stereocenters. The van der Waals surface area contributed by atoms with E-state index in [0.29, 0.717) is 28.5 Å². The lowest BCUT2D eigenvalue weighted by molar-refractivity contribution is 0.102. The highest BCUT2D eigenvalue weighted by Gasteiger charge is 2.16. The van der Waals surface area contributed by atoms with Gasteiger partial charge in [0, 0.05) is 6.07 Å². The van der Waals surface area contributed by atoms with Crippen LogP contribution in [0, 0.1) is 6.92 Å². The summed E-state index contributed by atoms with van der Waals surface area (Å²) in [7, 11) is 3.09. The standard InChI is InChI=1S/C14H14BrNO4/c1-8-9(4-5-20-8)14(17)16-11-6-10(15)12(18-2)7-13(11)19-3/h4-7H,1-3H3,(H,16,17). The zero-order chi connectivity index (χ0) is 14.7. The van der Waals surface area contributed by atoms with Crippen molar-refractivity contribution in [3.05, 3.63) is 40.3 Å². The van der Waals surface area contributed by atoms with Crippen molar-refractivity contribution < 1.29 is 18.7 Å². The molecule has 0 aliphatic heterocycles. The zero-order valence-electron chi connectivity index (χ0n) is 11.3. The summed E-state index contributed by atoms with van der Waals surface area (Å²) in [6, 6.07) is 5.04. The van der Waals surface area contributed by atoms with Gasteiger partial charge in [0.05, 0.1) is 36.2 Å². The molecular weight excluding hydrogens is 326 g/mol. The van der Waals surface area contributed by atoms with E-state index in [9.17, 15) is 4.79 Å². The number of amides is 1. The topological polar surface area (TPSA) is 60.7 Å². The summed E-state index contributed by atoms with van der Waals surface area (Å²) < 4.78 is 16.3. The maximum absolute atomic E-state index is 12.2. The fraction of sp³-hybridized carbons (Fsp3) is 0.214. The first-order valence-electron chi connectivity index (χ1n) is 5.83. The normalized spacial score (nSPS) is 10.2. The van der Waals surface area contributed by atoms with Gasteiger partial charge in [0.25, 0.3) is 5.91 Å². The van der Waals surface area contributed by atoms with Crippen molar-refractivity contribution >= 4 is 27.5 Å². The van der Waals surface area contributed by atoms with Crippen LogP contribution in [-0.2, 0) is 0 Å². The van der Waals surface area contributed by atoms with Crippen molar-refractivity contribution in [2.45, 2.75) is 6.92 Å². The van der Waals surface area contributed by atoms with Gasteiger partial charge in [-0.25, -0.2) is 0 Å². The van der Waals surface area contributed by atoms with E-state index in [-0.39, 0.29) is 5.91 Å². The highest BCUT2D eigenvalue weighted by atomic mass is 79.9. The minimum atomic E-state index is -0.258. The number of methoxy groups -OCH3 is 2. The van der Waals surface area contributed by atoms with Crippen LogP contribution in [0.2, 0.25) is 0 Å². The second-order valence-electron chi connectivity index (χ2n) is 4.03. The summed E-state index contributed by atoms with van der Waals surface area (Å²) in [5.74, 6) is 1.44. The molecular formula is C14H14BrNO4. The van der Waals surface area contributed by atoms with E-state index < -0.39 is 0 Å². The molecule has 6 heteroatoms. The molecule has 1 aromatic heterocycles. The third kappa shape index (κ3) is 2.80. The number of carbonyl (C=O) groups is 1. The molecule has 1 amide bonds. The Morgan fingerprint density at radius 3 is 2.50 bits per heavy atom. The number of anilines is 1. The lowest BCUT2D eigenvalue weighted by Crippen LogP contribution is -2.13. The molecule has 0 radical (unpaired) electrons. The molecule has 0 aliphatic rings. The molecule has 2 aromatic rings. The molecule has 0 spiro atoms. The van der Waals surface area contributed by atoms with E-state index in [0.717, 1.165) is 4.47 Å². The van der Waals surface area contributed by atoms with Crippen LogP contribution in [-0.4, -0.2) is 20.1 Å². The third-order valence-corrected chi connectivity index (χ3v) is 3.45. The molecule has 0 saturated heterocycles. The summed E-state index contributed by atoms with van der Waals surface area (Å²) in [6.07, 6.45) is 1.48. The van der Waals surface area contributed by atoms with E-state index in [2.05, 4.69) is 21.2 Å². The molecule has 0 bridgehead atoms. The molecule has 0 saturated carbocycles. The lowest BCUT2D eigenvalue weighted by atomic mass is 10.2. The van der Waals surface area contributed by atoms with E-state index in [1.807, 2.05) is 0 Å². The van der Waals surface area contributed by atoms with Gasteiger partial charge in [0.2, 0.25) is 0 Å². The van der Waals surface area contributed by atoms with Crippen molar-refractivity contribution in [2.24, 2.45) is 0 Å². The van der Waals surface area contributed by atoms with Gasteiger partial charge >= 0.3 is 0 Å². The number of rotatable bonds is 4. The Morgan fingerprint density at radius 2 is 1.95 bits per heavy atom. The van der Waals surface area contributed by atoms with E-state index in [1.165, 1.54) is 13.4 Å². The maximum Gasteiger partial charge on any atom is 0.259 e. The van der Waals surface area contributed by atoms with Crippen LogP contribution in [0.5, 0.6) is 11.5 Å². The minimum Gasteiger partial charge on any atom is -0.495 e. The molecule has 1 N–H and O–H groups in total. The third-order valence-electron chi connectivity index (χ3n) is 2.83. The van der Waals surface area contributed by atoms with Gasteiger partial charge in [-0.15, -0.1) is 0 Å². The van der Waals surface area contributed by atoms with Gasteiger partial charge in [0.1, 0.15) is 17.3 Å².